The Bertz CT molecular complexity index is 497. The molecule has 0 bridgehead atoms. The van der Waals surface area contributed by atoms with E-state index in [0.29, 0.717) is 10.7 Å². The van der Waals surface area contributed by atoms with Gasteiger partial charge in [0.25, 0.3) is 0 Å². The van der Waals surface area contributed by atoms with Gasteiger partial charge < -0.3 is 0 Å². The lowest BCUT2D eigenvalue weighted by Gasteiger charge is -2.42. The van der Waals surface area contributed by atoms with Gasteiger partial charge in [-0.3, -0.25) is 9.05 Å². The van der Waals surface area contributed by atoms with Gasteiger partial charge in [-0.25, -0.2) is 9.09 Å². The van der Waals surface area contributed by atoms with Crippen LogP contribution in [0.2, 0.25) is 0 Å². The fraction of sp³-hybridized carbons (Fsp3) is 1.00. The molecule has 0 aliphatic carbocycles. The molecule has 0 aromatic carbocycles. The Kier molecular flexibility index (Phi) is 11.9. The first-order chi connectivity index (χ1) is 11.3. The number of phosphoric acid groups is 1. The Morgan fingerprint density at radius 2 is 1.12 bits per heavy atom. The van der Waals surface area contributed by atoms with Crippen LogP contribution in [0, 0.1) is 10.8 Å². The first-order valence-electron chi connectivity index (χ1n) is 7.28. The van der Waals surface area contributed by atoms with Crippen molar-refractivity contribution in [2.24, 2.45) is 10.8 Å². The summed E-state index contributed by atoms with van der Waals surface area (Å²) >= 11 is 32.6. The standard InChI is InChI=1S/C13H21Br6Cl2O4P/c1-6-11(20,21)23-26(22,24-12(16,17)9(2,3)7-14)25-13(18,19)10(4,5)8-15/h6-8H2,1-5H3. The smallest absolute Gasteiger partial charge is 0.257 e. The molecule has 0 N–H and O–H groups in total. The third kappa shape index (κ3) is 8.25. The summed E-state index contributed by atoms with van der Waals surface area (Å²) in [7, 11) is -4.31. The minimum Gasteiger partial charge on any atom is -0.257 e. The second kappa shape index (κ2) is 10.5. The van der Waals surface area contributed by atoms with Gasteiger partial charge >= 0.3 is 7.82 Å². The molecule has 0 aromatic heterocycles. The topological polar surface area (TPSA) is 44.8 Å². The average molecular weight is 823 g/mol. The molecule has 0 saturated heterocycles. The number of hydrogen-bond donors (Lipinski definition) is 0. The number of rotatable bonds is 11. The van der Waals surface area contributed by atoms with Crippen molar-refractivity contribution in [1.29, 1.82) is 0 Å². The summed E-state index contributed by atoms with van der Waals surface area (Å²) < 4.78 is 26.2. The van der Waals surface area contributed by atoms with Gasteiger partial charge in [-0.2, -0.15) is 0 Å². The molecule has 0 aliphatic heterocycles. The summed E-state index contributed by atoms with van der Waals surface area (Å²) in [5, 5.41) is 1.02. The summed E-state index contributed by atoms with van der Waals surface area (Å²) in [5.74, 6) is 0. The van der Waals surface area contributed by atoms with Crippen molar-refractivity contribution in [1.82, 2.24) is 0 Å². The molecule has 0 radical (unpaired) electrons. The van der Waals surface area contributed by atoms with E-state index < -0.39 is 30.0 Å². The van der Waals surface area contributed by atoms with Crippen LogP contribution in [-0.4, -0.2) is 22.0 Å². The molecule has 158 valence electrons. The van der Waals surface area contributed by atoms with Crippen molar-refractivity contribution >= 4 is 127 Å². The van der Waals surface area contributed by atoms with Crippen LogP contribution < -0.4 is 0 Å². The van der Waals surface area contributed by atoms with E-state index in [2.05, 4.69) is 95.6 Å². The largest absolute Gasteiger partial charge is 0.481 e. The first kappa shape index (κ1) is 29.6. The maximum absolute atomic E-state index is 13.6. The number of halogens is 8. The lowest BCUT2D eigenvalue weighted by molar-refractivity contribution is 0.0212. The minimum atomic E-state index is -4.31. The van der Waals surface area contributed by atoms with Crippen molar-refractivity contribution in [2.45, 2.75) is 52.4 Å². The summed E-state index contributed by atoms with van der Waals surface area (Å²) in [4.78, 5) is 0. The molecule has 26 heavy (non-hydrogen) atoms. The molecular weight excluding hydrogens is 801 g/mol. The first-order valence-corrected chi connectivity index (χ1v) is 14.9. The summed E-state index contributed by atoms with van der Waals surface area (Å²) in [5.41, 5.74) is -1.12. The zero-order valence-corrected chi connectivity index (χ0v) is 26.6. The molecule has 4 nitrogen and oxygen atoms in total. The second-order valence-electron chi connectivity index (χ2n) is 6.78. The Balaban J connectivity index is 5.99. The molecule has 0 atom stereocenters. The fourth-order valence-electron chi connectivity index (χ4n) is 0.968. The van der Waals surface area contributed by atoms with Crippen molar-refractivity contribution in [2.75, 3.05) is 10.7 Å². The highest BCUT2D eigenvalue weighted by atomic mass is 79.9. The summed E-state index contributed by atoms with van der Waals surface area (Å²) in [6.07, 6.45) is 0.158. The van der Waals surface area contributed by atoms with Gasteiger partial charge in [-0.05, 0) is 63.7 Å². The normalized spacial score (nSPS) is 15.4. The van der Waals surface area contributed by atoms with Crippen LogP contribution >= 0.6 is 127 Å². The van der Waals surface area contributed by atoms with E-state index in [1.165, 1.54) is 0 Å². The van der Waals surface area contributed by atoms with Gasteiger partial charge in [0.05, 0.1) is 0 Å². The van der Waals surface area contributed by atoms with Crippen molar-refractivity contribution < 1.29 is 18.1 Å². The quantitative estimate of drug-likeness (QED) is 0.154. The molecule has 0 unspecified atom stereocenters. The lowest BCUT2D eigenvalue weighted by Crippen LogP contribution is -2.41. The van der Waals surface area contributed by atoms with Gasteiger partial charge in [0.1, 0.15) is 0 Å². The Morgan fingerprint density at radius 3 is 1.35 bits per heavy atom. The van der Waals surface area contributed by atoms with E-state index in [1.807, 2.05) is 27.7 Å². The minimum absolute atomic E-state index is 0.158. The summed E-state index contributed by atoms with van der Waals surface area (Å²) in [6.45, 7) is 9.19. The SMILES string of the molecule is CCC(Cl)(Cl)OP(=O)(OC(Br)(Br)C(C)(C)CBr)OC(Br)(Br)C(C)(C)CBr. The van der Waals surface area contributed by atoms with Gasteiger partial charge in [0, 0.05) is 27.9 Å². The lowest BCUT2D eigenvalue weighted by atomic mass is 9.98. The van der Waals surface area contributed by atoms with Crippen LogP contribution in [0.25, 0.3) is 0 Å². The highest BCUT2D eigenvalue weighted by Gasteiger charge is 2.55. The van der Waals surface area contributed by atoms with Gasteiger partial charge in [-0.15, -0.1) is 0 Å². The van der Waals surface area contributed by atoms with E-state index in [-0.39, 0.29) is 6.42 Å². The van der Waals surface area contributed by atoms with E-state index in [0.717, 1.165) is 0 Å². The zero-order valence-electron chi connectivity index (χ0n) is 14.7. The van der Waals surface area contributed by atoms with Crippen molar-refractivity contribution in [3.8, 4) is 0 Å². The van der Waals surface area contributed by atoms with E-state index in [4.69, 9.17) is 36.8 Å². The number of alkyl halides is 8. The van der Waals surface area contributed by atoms with Crippen molar-refractivity contribution in [3.05, 3.63) is 0 Å². The third-order valence-corrected chi connectivity index (χ3v) is 14.5. The maximum Gasteiger partial charge on any atom is 0.481 e. The molecule has 0 amide bonds. The molecule has 0 fully saturated rings. The van der Waals surface area contributed by atoms with E-state index in [9.17, 15) is 4.57 Å². The van der Waals surface area contributed by atoms with Gasteiger partial charge in [-0.1, -0.05) is 89.7 Å². The molecule has 13 heteroatoms. The monoisotopic (exact) mass is 816 g/mol. The Labute approximate surface area is 216 Å². The van der Waals surface area contributed by atoms with Crippen LogP contribution in [0.15, 0.2) is 0 Å². The van der Waals surface area contributed by atoms with Gasteiger partial charge in [0.15, 0.2) is 6.84 Å². The Morgan fingerprint density at radius 1 is 0.808 bits per heavy atom. The van der Waals surface area contributed by atoms with Crippen LogP contribution in [0.4, 0.5) is 0 Å². The molecular formula is C13H21Br6Cl2O4P. The molecule has 0 rings (SSSR count). The Hall–Kier alpha value is 3.57. The van der Waals surface area contributed by atoms with Gasteiger partial charge in [0.2, 0.25) is 4.52 Å². The second-order valence-corrected chi connectivity index (χ2v) is 17.4. The average Bonchev–Trinajstić information content (AvgIpc) is 2.44. The fourth-order valence-corrected chi connectivity index (χ4v) is 8.08. The summed E-state index contributed by atoms with van der Waals surface area (Å²) in [6, 6.07) is 0. The predicted molar refractivity (Wildman–Crippen MR) is 132 cm³/mol. The molecule has 0 aromatic rings. The molecule has 0 saturated carbocycles. The van der Waals surface area contributed by atoms with E-state index >= 15 is 0 Å². The van der Waals surface area contributed by atoms with Crippen LogP contribution in [0.3, 0.4) is 0 Å². The zero-order chi connectivity index (χ0) is 21.2. The van der Waals surface area contributed by atoms with E-state index in [1.54, 1.807) is 6.92 Å². The number of hydrogen-bond acceptors (Lipinski definition) is 4. The molecule has 0 aliphatic rings. The number of phosphoric ester groups is 1. The molecule has 0 heterocycles. The van der Waals surface area contributed by atoms with Crippen LogP contribution in [0.5, 0.6) is 0 Å². The molecule has 0 spiro atoms. The van der Waals surface area contributed by atoms with Crippen LogP contribution in [-0.2, 0) is 18.1 Å². The van der Waals surface area contributed by atoms with Crippen LogP contribution in [0.1, 0.15) is 41.0 Å². The maximum atomic E-state index is 13.6. The highest BCUT2D eigenvalue weighted by Crippen LogP contribution is 2.67. The highest BCUT2D eigenvalue weighted by molar-refractivity contribution is 9.25. The predicted octanol–water partition coefficient (Wildman–Crippen LogP) is 9.42. The third-order valence-electron chi connectivity index (χ3n) is 3.35. The van der Waals surface area contributed by atoms with Crippen molar-refractivity contribution in [3.63, 3.8) is 0 Å².